The molecule has 0 aliphatic carbocycles. The Hall–Kier alpha value is -3.92. The van der Waals surface area contributed by atoms with Gasteiger partial charge in [0.15, 0.2) is 11.5 Å². The van der Waals surface area contributed by atoms with Crippen molar-refractivity contribution in [1.29, 1.82) is 0 Å². The van der Waals surface area contributed by atoms with E-state index in [1.54, 1.807) is 60.7 Å². The number of imide groups is 1. The summed E-state index contributed by atoms with van der Waals surface area (Å²) in [7, 11) is 1.51. The first kappa shape index (κ1) is 31.0. The van der Waals surface area contributed by atoms with Crippen LogP contribution in [0.4, 0.5) is 10.5 Å². The molecule has 0 spiro atoms. The molecule has 1 aliphatic heterocycles. The van der Waals surface area contributed by atoms with Crippen LogP contribution in [-0.2, 0) is 22.6 Å². The Kier molecular flexibility index (Phi) is 10.6. The van der Waals surface area contributed by atoms with Crippen molar-refractivity contribution in [1.82, 2.24) is 4.90 Å². The molecule has 11 heteroatoms. The highest BCUT2D eigenvalue weighted by Crippen LogP contribution is 2.38. The van der Waals surface area contributed by atoms with Gasteiger partial charge < -0.3 is 19.5 Å². The number of halogens is 2. The van der Waals surface area contributed by atoms with Crippen LogP contribution < -0.4 is 19.5 Å². The van der Waals surface area contributed by atoms with Gasteiger partial charge in [0.1, 0.15) is 18.9 Å². The van der Waals surface area contributed by atoms with Gasteiger partial charge >= 0.3 is 0 Å². The highest BCUT2D eigenvalue weighted by atomic mass is 35.5. The Morgan fingerprint density at radius 2 is 1.81 bits per heavy atom. The third-order valence-electron chi connectivity index (χ3n) is 6.05. The van der Waals surface area contributed by atoms with Crippen LogP contribution >= 0.6 is 35.0 Å². The molecule has 1 heterocycles. The lowest BCUT2D eigenvalue weighted by Crippen LogP contribution is -2.36. The van der Waals surface area contributed by atoms with E-state index in [9.17, 15) is 14.4 Å². The van der Waals surface area contributed by atoms with Crippen LogP contribution in [0.3, 0.4) is 0 Å². The summed E-state index contributed by atoms with van der Waals surface area (Å²) in [5.41, 5.74) is 2.64. The highest BCUT2D eigenvalue weighted by molar-refractivity contribution is 8.18. The first-order chi connectivity index (χ1) is 20.2. The highest BCUT2D eigenvalue weighted by Gasteiger charge is 2.36. The minimum atomic E-state index is -0.561. The number of anilines is 1. The molecule has 0 aromatic heterocycles. The summed E-state index contributed by atoms with van der Waals surface area (Å²) in [6, 6.07) is 15.5. The van der Waals surface area contributed by atoms with E-state index < -0.39 is 23.6 Å². The Balaban J connectivity index is 1.50. The maximum absolute atomic E-state index is 13.1. The van der Waals surface area contributed by atoms with Crippen molar-refractivity contribution in [3.63, 3.8) is 0 Å². The van der Waals surface area contributed by atoms with E-state index in [1.807, 2.05) is 13.0 Å². The topological polar surface area (TPSA) is 94.2 Å². The minimum Gasteiger partial charge on any atom is -0.494 e. The average Bonchev–Trinajstić information content (AvgIpc) is 3.21. The number of carbonyl (C=O) groups is 3. The summed E-state index contributed by atoms with van der Waals surface area (Å²) in [4.78, 5) is 39.5. The van der Waals surface area contributed by atoms with Crippen LogP contribution in [0.2, 0.25) is 10.0 Å². The van der Waals surface area contributed by atoms with Gasteiger partial charge in [0.2, 0.25) is 5.91 Å². The monoisotopic (exact) mass is 626 g/mol. The normalized spacial score (nSPS) is 13.8. The van der Waals surface area contributed by atoms with E-state index >= 15 is 0 Å². The van der Waals surface area contributed by atoms with Gasteiger partial charge in [0.25, 0.3) is 11.1 Å². The van der Waals surface area contributed by atoms with Crippen LogP contribution in [-0.4, -0.2) is 42.2 Å². The number of hydrogen-bond donors (Lipinski definition) is 1. The van der Waals surface area contributed by atoms with Crippen LogP contribution in [0, 0.1) is 0 Å². The lowest BCUT2D eigenvalue weighted by atomic mass is 10.0. The summed E-state index contributed by atoms with van der Waals surface area (Å²) in [5.74, 6) is 0.540. The number of nitrogens with one attached hydrogen (secondary N) is 1. The number of amides is 3. The van der Waals surface area contributed by atoms with Gasteiger partial charge in [0, 0.05) is 26.9 Å². The summed E-state index contributed by atoms with van der Waals surface area (Å²) in [6.07, 6.45) is 3.76. The molecule has 3 amide bonds. The number of allylic oxidation sites excluding steroid dienone is 1. The molecular weight excluding hydrogens is 599 g/mol. The Morgan fingerprint density at radius 1 is 1.05 bits per heavy atom. The number of hydrogen-bond acceptors (Lipinski definition) is 7. The zero-order chi connectivity index (χ0) is 30.2. The average molecular weight is 628 g/mol. The quantitative estimate of drug-likeness (QED) is 0.165. The van der Waals surface area contributed by atoms with E-state index in [0.717, 1.165) is 27.8 Å². The molecule has 0 radical (unpaired) electrons. The molecular formula is C31H28Cl2N2O6S. The maximum atomic E-state index is 13.1. The lowest BCUT2D eigenvalue weighted by Gasteiger charge is -2.16. The Morgan fingerprint density at radius 3 is 2.48 bits per heavy atom. The van der Waals surface area contributed by atoms with E-state index in [4.69, 9.17) is 37.4 Å². The number of methoxy groups -OCH3 is 1. The van der Waals surface area contributed by atoms with Gasteiger partial charge in [0.05, 0.1) is 18.6 Å². The fraction of sp³-hybridized carbons (Fsp3) is 0.194. The van der Waals surface area contributed by atoms with Crippen LogP contribution in [0.5, 0.6) is 17.2 Å². The van der Waals surface area contributed by atoms with Crippen molar-refractivity contribution in [2.45, 2.75) is 20.0 Å². The van der Waals surface area contributed by atoms with Gasteiger partial charge in [-0.2, -0.15) is 0 Å². The minimum absolute atomic E-state index is 0.174. The lowest BCUT2D eigenvalue weighted by molar-refractivity contribution is -0.127. The molecule has 3 aromatic rings. The van der Waals surface area contributed by atoms with E-state index in [1.165, 1.54) is 7.11 Å². The van der Waals surface area contributed by atoms with Gasteiger partial charge in [-0.3, -0.25) is 19.3 Å². The second-order valence-corrected chi connectivity index (χ2v) is 10.8. The largest absolute Gasteiger partial charge is 0.494 e. The molecule has 3 aromatic carbocycles. The summed E-state index contributed by atoms with van der Waals surface area (Å²) < 4.78 is 17.1. The predicted molar refractivity (Wildman–Crippen MR) is 167 cm³/mol. The number of thioether (sulfide) groups is 1. The van der Waals surface area contributed by atoms with Gasteiger partial charge in [-0.15, -0.1) is 6.58 Å². The molecule has 4 rings (SSSR count). The van der Waals surface area contributed by atoms with Crippen molar-refractivity contribution in [3.8, 4) is 17.2 Å². The molecule has 218 valence electrons. The summed E-state index contributed by atoms with van der Waals surface area (Å²) in [6.45, 7) is 5.99. The fourth-order valence-electron chi connectivity index (χ4n) is 4.11. The number of nitrogens with zero attached hydrogens (tertiary/aromatic N) is 1. The first-order valence-corrected chi connectivity index (χ1v) is 14.5. The van der Waals surface area contributed by atoms with Gasteiger partial charge in [-0.25, -0.2) is 0 Å². The zero-order valence-electron chi connectivity index (χ0n) is 22.9. The molecule has 1 aliphatic rings. The van der Waals surface area contributed by atoms with Crippen LogP contribution in [0.1, 0.15) is 23.6 Å². The Bertz CT molecular complexity index is 1540. The number of ether oxygens (including phenoxy) is 3. The zero-order valence-corrected chi connectivity index (χ0v) is 25.3. The van der Waals surface area contributed by atoms with Gasteiger partial charge in [-0.05, 0) is 85.3 Å². The Labute approximate surface area is 258 Å². The third-order valence-corrected chi connectivity index (χ3v) is 7.54. The first-order valence-electron chi connectivity index (χ1n) is 12.9. The standard InChI is InChI=1S/C31H28Cl2N2O6S/c1-4-6-20-13-19(14-26(39-3)29(20)41-18-21-7-8-22(32)16-25(21)33)15-27-30(37)35(31(38)42-27)17-28(36)34-23-9-11-24(12-10-23)40-5-2/h4,7-16H,1,5-6,17-18H2,2-3H3,(H,34,36)/b27-15+. The number of benzene rings is 3. The third kappa shape index (κ3) is 7.67. The molecule has 42 heavy (non-hydrogen) atoms. The van der Waals surface area contributed by atoms with Crippen LogP contribution in [0.25, 0.3) is 6.08 Å². The van der Waals surface area contributed by atoms with Crippen molar-refractivity contribution < 1.29 is 28.6 Å². The molecule has 1 saturated heterocycles. The second-order valence-electron chi connectivity index (χ2n) is 9.00. The van der Waals surface area contributed by atoms with E-state index in [0.29, 0.717) is 51.6 Å². The molecule has 8 nitrogen and oxygen atoms in total. The molecule has 0 saturated carbocycles. The molecule has 0 unspecified atom stereocenters. The predicted octanol–water partition coefficient (Wildman–Crippen LogP) is 7.38. The van der Waals surface area contributed by atoms with Crippen molar-refractivity contribution in [2.24, 2.45) is 0 Å². The van der Waals surface area contributed by atoms with Crippen LogP contribution in [0.15, 0.2) is 72.2 Å². The molecule has 1 fully saturated rings. The van der Waals surface area contributed by atoms with Crippen molar-refractivity contribution >= 4 is 63.8 Å². The second kappa shape index (κ2) is 14.3. The van der Waals surface area contributed by atoms with E-state index in [2.05, 4.69) is 11.9 Å². The summed E-state index contributed by atoms with van der Waals surface area (Å²) in [5, 5.41) is 3.16. The SMILES string of the molecule is C=CCc1cc(/C=C2/SC(=O)N(CC(=O)Nc3ccc(OCC)cc3)C2=O)cc(OC)c1OCc1ccc(Cl)cc1Cl. The molecule has 1 N–H and O–H groups in total. The van der Waals surface area contributed by atoms with Crippen molar-refractivity contribution in [2.75, 3.05) is 25.6 Å². The number of rotatable bonds is 12. The fourth-order valence-corrected chi connectivity index (χ4v) is 5.41. The smallest absolute Gasteiger partial charge is 0.294 e. The van der Waals surface area contributed by atoms with E-state index in [-0.39, 0.29) is 11.5 Å². The van der Waals surface area contributed by atoms with Crippen molar-refractivity contribution in [3.05, 3.63) is 98.9 Å². The maximum Gasteiger partial charge on any atom is 0.294 e. The van der Waals surface area contributed by atoms with Gasteiger partial charge in [-0.1, -0.05) is 35.3 Å². The molecule has 0 atom stereocenters. The number of carbonyl (C=O) groups excluding carboxylic acids is 3. The molecule has 0 bridgehead atoms. The summed E-state index contributed by atoms with van der Waals surface area (Å²) >= 11 is 13.1.